The first kappa shape index (κ1) is 17.5. The summed E-state index contributed by atoms with van der Waals surface area (Å²) in [5.41, 5.74) is -0.882. The molecular formula is C15H19NO6. The maximum Gasteiger partial charge on any atom is 0.408 e. The van der Waals surface area contributed by atoms with Crippen molar-refractivity contribution in [1.82, 2.24) is 5.32 Å². The summed E-state index contributed by atoms with van der Waals surface area (Å²) in [6.45, 7) is 1.57. The Balaban J connectivity index is 2.66. The Morgan fingerprint density at radius 2 is 1.82 bits per heavy atom. The van der Waals surface area contributed by atoms with Crippen LogP contribution in [0.2, 0.25) is 0 Å². The van der Waals surface area contributed by atoms with Crippen LogP contribution in [0.1, 0.15) is 31.7 Å². The fourth-order valence-electron chi connectivity index (χ4n) is 1.91. The molecule has 1 aromatic carbocycles. The lowest BCUT2D eigenvalue weighted by Crippen LogP contribution is -2.54. The quantitative estimate of drug-likeness (QED) is 0.677. The number of carbonyl (C=O) groups is 3. The van der Waals surface area contributed by atoms with Crippen LogP contribution in [0, 0.1) is 0 Å². The number of hydrogen-bond acceptors (Lipinski definition) is 4. The van der Waals surface area contributed by atoms with Gasteiger partial charge < -0.3 is 20.3 Å². The standard InChI is InChI=1S/C15H19NO6/c1-2-15(13(19)20,9-8-12(17)18)16-14(21)22-10-11-6-4-3-5-7-11/h3-7H,2,8-10H2,1H3,(H,16,21)(H,17,18)(H,19,20)/t15-/m0/s1. The van der Waals surface area contributed by atoms with E-state index in [1.54, 1.807) is 31.2 Å². The molecule has 0 fully saturated rings. The molecule has 7 nitrogen and oxygen atoms in total. The van der Waals surface area contributed by atoms with Gasteiger partial charge >= 0.3 is 18.0 Å². The van der Waals surface area contributed by atoms with Gasteiger partial charge in [-0.3, -0.25) is 4.79 Å². The lowest BCUT2D eigenvalue weighted by molar-refractivity contribution is -0.146. The monoisotopic (exact) mass is 309 g/mol. The molecule has 0 aliphatic heterocycles. The number of aliphatic carboxylic acids is 2. The minimum Gasteiger partial charge on any atom is -0.481 e. The second-order valence-electron chi connectivity index (χ2n) is 4.82. The summed E-state index contributed by atoms with van der Waals surface area (Å²) in [5.74, 6) is -2.41. The SMILES string of the molecule is CC[C@@](CCC(=O)O)(NC(=O)OCc1ccccc1)C(=O)O. The van der Waals surface area contributed by atoms with E-state index in [9.17, 15) is 19.5 Å². The molecule has 0 radical (unpaired) electrons. The molecule has 0 aliphatic carbocycles. The van der Waals surface area contributed by atoms with E-state index in [1.807, 2.05) is 6.07 Å². The van der Waals surface area contributed by atoms with Crippen LogP contribution < -0.4 is 5.32 Å². The van der Waals surface area contributed by atoms with Gasteiger partial charge in [0.2, 0.25) is 0 Å². The number of amides is 1. The highest BCUT2D eigenvalue weighted by Gasteiger charge is 2.39. The molecule has 1 aromatic rings. The number of nitrogens with one attached hydrogen (secondary N) is 1. The van der Waals surface area contributed by atoms with Crippen molar-refractivity contribution >= 4 is 18.0 Å². The van der Waals surface area contributed by atoms with Crippen LogP contribution in [0.15, 0.2) is 30.3 Å². The van der Waals surface area contributed by atoms with E-state index < -0.39 is 23.6 Å². The molecule has 1 rings (SSSR count). The number of hydrogen-bond donors (Lipinski definition) is 3. The topological polar surface area (TPSA) is 113 Å². The highest BCUT2D eigenvalue weighted by atomic mass is 16.5. The summed E-state index contributed by atoms with van der Waals surface area (Å²) < 4.78 is 4.98. The summed E-state index contributed by atoms with van der Waals surface area (Å²) in [6, 6.07) is 8.93. The zero-order chi connectivity index (χ0) is 16.6. The van der Waals surface area contributed by atoms with E-state index in [-0.39, 0.29) is 25.9 Å². The maximum absolute atomic E-state index is 11.8. The van der Waals surface area contributed by atoms with Crippen molar-refractivity contribution in [3.8, 4) is 0 Å². The number of carboxylic acids is 2. The fraction of sp³-hybridized carbons (Fsp3) is 0.400. The van der Waals surface area contributed by atoms with Gasteiger partial charge in [0.25, 0.3) is 0 Å². The predicted octanol–water partition coefficient (Wildman–Crippen LogP) is 2.01. The highest BCUT2D eigenvalue weighted by Crippen LogP contribution is 2.19. The van der Waals surface area contributed by atoms with Gasteiger partial charge in [-0.25, -0.2) is 9.59 Å². The predicted molar refractivity (Wildman–Crippen MR) is 77.3 cm³/mol. The molecule has 0 saturated heterocycles. The summed E-state index contributed by atoms with van der Waals surface area (Å²) in [7, 11) is 0. The van der Waals surface area contributed by atoms with Crippen LogP contribution in [-0.4, -0.2) is 33.8 Å². The van der Waals surface area contributed by atoms with Crippen LogP contribution in [0.25, 0.3) is 0 Å². The van der Waals surface area contributed by atoms with Gasteiger partial charge in [0.05, 0.1) is 0 Å². The van der Waals surface area contributed by atoms with Crippen molar-refractivity contribution in [3.63, 3.8) is 0 Å². The molecule has 22 heavy (non-hydrogen) atoms. The molecule has 0 heterocycles. The molecule has 0 bridgehead atoms. The van der Waals surface area contributed by atoms with E-state index in [1.165, 1.54) is 0 Å². The number of carbonyl (C=O) groups excluding carboxylic acids is 1. The highest BCUT2D eigenvalue weighted by molar-refractivity contribution is 5.85. The van der Waals surface area contributed by atoms with Crippen molar-refractivity contribution in [3.05, 3.63) is 35.9 Å². The van der Waals surface area contributed by atoms with E-state index >= 15 is 0 Å². The summed E-state index contributed by atoms with van der Waals surface area (Å²) >= 11 is 0. The molecule has 0 spiro atoms. The molecule has 0 aliphatic rings. The number of ether oxygens (including phenoxy) is 1. The van der Waals surface area contributed by atoms with Crippen LogP contribution in [0.5, 0.6) is 0 Å². The average molecular weight is 309 g/mol. The minimum absolute atomic E-state index is 0.00498. The van der Waals surface area contributed by atoms with Crippen molar-refractivity contribution in [2.45, 2.75) is 38.3 Å². The number of alkyl carbamates (subject to hydrolysis) is 1. The first-order valence-corrected chi connectivity index (χ1v) is 6.83. The average Bonchev–Trinajstić information content (AvgIpc) is 2.50. The van der Waals surface area contributed by atoms with E-state index in [4.69, 9.17) is 9.84 Å². The van der Waals surface area contributed by atoms with Gasteiger partial charge in [0.15, 0.2) is 0 Å². The van der Waals surface area contributed by atoms with Crippen molar-refractivity contribution in [2.24, 2.45) is 0 Å². The molecule has 1 amide bonds. The molecular weight excluding hydrogens is 290 g/mol. The van der Waals surface area contributed by atoms with Crippen LogP contribution in [0.3, 0.4) is 0 Å². The van der Waals surface area contributed by atoms with Crippen LogP contribution in [-0.2, 0) is 20.9 Å². The molecule has 0 aromatic heterocycles. The summed E-state index contributed by atoms with van der Waals surface area (Å²) in [4.78, 5) is 33.9. The fourth-order valence-corrected chi connectivity index (χ4v) is 1.91. The molecule has 0 saturated carbocycles. The summed E-state index contributed by atoms with van der Waals surface area (Å²) in [5, 5.41) is 20.3. The lowest BCUT2D eigenvalue weighted by Gasteiger charge is -2.28. The largest absolute Gasteiger partial charge is 0.481 e. The molecule has 0 unspecified atom stereocenters. The van der Waals surface area contributed by atoms with Gasteiger partial charge in [-0.15, -0.1) is 0 Å². The third-order valence-corrected chi connectivity index (χ3v) is 3.33. The van der Waals surface area contributed by atoms with E-state index in [0.717, 1.165) is 5.56 Å². The number of carboxylic acid groups (broad SMARTS) is 2. The normalized spacial score (nSPS) is 13.0. The van der Waals surface area contributed by atoms with Crippen molar-refractivity contribution < 1.29 is 29.3 Å². The summed E-state index contributed by atoms with van der Waals surface area (Å²) in [6.07, 6.45) is -1.41. The Hall–Kier alpha value is -2.57. The first-order valence-electron chi connectivity index (χ1n) is 6.83. The second kappa shape index (κ2) is 8.02. The number of rotatable bonds is 8. The van der Waals surface area contributed by atoms with Gasteiger partial charge in [-0.2, -0.15) is 0 Å². The third-order valence-electron chi connectivity index (χ3n) is 3.33. The van der Waals surface area contributed by atoms with Gasteiger partial charge in [-0.05, 0) is 18.4 Å². The van der Waals surface area contributed by atoms with Gasteiger partial charge in [0, 0.05) is 6.42 Å². The molecule has 7 heteroatoms. The Bertz CT molecular complexity index is 530. The zero-order valence-corrected chi connectivity index (χ0v) is 12.2. The Morgan fingerprint density at radius 1 is 1.18 bits per heavy atom. The van der Waals surface area contributed by atoms with Gasteiger partial charge in [0.1, 0.15) is 12.1 Å². The van der Waals surface area contributed by atoms with Crippen molar-refractivity contribution in [1.29, 1.82) is 0 Å². The van der Waals surface area contributed by atoms with E-state index in [2.05, 4.69) is 5.32 Å². The lowest BCUT2D eigenvalue weighted by atomic mass is 9.90. The second-order valence-corrected chi connectivity index (χ2v) is 4.82. The van der Waals surface area contributed by atoms with Crippen LogP contribution in [0.4, 0.5) is 4.79 Å². The zero-order valence-electron chi connectivity index (χ0n) is 12.2. The molecule has 3 N–H and O–H groups in total. The molecule has 120 valence electrons. The number of benzene rings is 1. The van der Waals surface area contributed by atoms with Crippen LogP contribution >= 0.6 is 0 Å². The minimum atomic E-state index is -1.65. The Morgan fingerprint density at radius 3 is 2.32 bits per heavy atom. The smallest absolute Gasteiger partial charge is 0.408 e. The van der Waals surface area contributed by atoms with Gasteiger partial charge in [-0.1, -0.05) is 37.3 Å². The van der Waals surface area contributed by atoms with Crippen molar-refractivity contribution in [2.75, 3.05) is 0 Å². The Labute approximate surface area is 127 Å². The first-order chi connectivity index (χ1) is 10.4. The molecule has 1 atom stereocenters. The third kappa shape index (κ3) is 5.08. The Kier molecular flexibility index (Phi) is 6.37. The maximum atomic E-state index is 11.8. The van der Waals surface area contributed by atoms with E-state index in [0.29, 0.717) is 0 Å².